The molecule has 2 aromatic rings. The molecule has 0 saturated carbocycles. The van der Waals surface area contributed by atoms with Gasteiger partial charge in [0.05, 0.1) is 0 Å². The summed E-state index contributed by atoms with van der Waals surface area (Å²) < 4.78 is 0. The normalized spacial score (nSPS) is 11.0. The van der Waals surface area contributed by atoms with Crippen LogP contribution >= 0.6 is 0 Å². The molecule has 0 fully saturated rings. The van der Waals surface area contributed by atoms with Crippen molar-refractivity contribution in [2.24, 2.45) is 5.73 Å². The summed E-state index contributed by atoms with van der Waals surface area (Å²) in [5.74, 6) is 0. The van der Waals surface area contributed by atoms with Crippen LogP contribution in [0.3, 0.4) is 0 Å². The van der Waals surface area contributed by atoms with Gasteiger partial charge >= 0.3 is 0 Å². The quantitative estimate of drug-likeness (QED) is 0.871. The Labute approximate surface area is 122 Å². The van der Waals surface area contributed by atoms with Crippen LogP contribution in [0.1, 0.15) is 18.1 Å². The molecule has 20 heavy (non-hydrogen) atoms. The molecule has 0 radical (unpaired) electrons. The number of nitrogens with two attached hydrogens (primary N) is 1. The molecule has 2 heteroatoms. The Kier molecular flexibility index (Phi) is 5.33. The van der Waals surface area contributed by atoms with E-state index in [1.54, 1.807) is 0 Å². The van der Waals surface area contributed by atoms with Gasteiger partial charge in [-0.1, -0.05) is 49.4 Å². The molecule has 2 aromatic carbocycles. The first-order chi connectivity index (χ1) is 9.72. The van der Waals surface area contributed by atoms with Gasteiger partial charge < -0.3 is 10.6 Å². The second-order valence-corrected chi connectivity index (χ2v) is 5.27. The molecule has 0 aliphatic rings. The summed E-state index contributed by atoms with van der Waals surface area (Å²) >= 11 is 0. The van der Waals surface area contributed by atoms with Gasteiger partial charge in [0.1, 0.15) is 0 Å². The van der Waals surface area contributed by atoms with Crippen molar-refractivity contribution in [1.29, 1.82) is 0 Å². The number of benzene rings is 2. The first kappa shape index (κ1) is 14.8. The smallest absolute Gasteiger partial charge is 0.0230 e. The van der Waals surface area contributed by atoms with Crippen molar-refractivity contribution in [2.75, 3.05) is 20.1 Å². The van der Waals surface area contributed by atoms with Crippen LogP contribution in [0.5, 0.6) is 0 Å². The van der Waals surface area contributed by atoms with Crippen LogP contribution < -0.4 is 5.73 Å². The fourth-order valence-corrected chi connectivity index (χ4v) is 2.35. The fourth-order valence-electron chi connectivity index (χ4n) is 2.35. The highest BCUT2D eigenvalue weighted by molar-refractivity contribution is 5.65. The first-order valence-electron chi connectivity index (χ1n) is 7.29. The van der Waals surface area contributed by atoms with Gasteiger partial charge in [0.25, 0.3) is 0 Å². The summed E-state index contributed by atoms with van der Waals surface area (Å²) in [4.78, 5) is 2.31. The van der Waals surface area contributed by atoms with Crippen molar-refractivity contribution in [3.63, 3.8) is 0 Å². The molecule has 0 aromatic heterocycles. The van der Waals surface area contributed by atoms with Crippen molar-refractivity contribution < 1.29 is 0 Å². The van der Waals surface area contributed by atoms with Crippen LogP contribution in [0.2, 0.25) is 0 Å². The molecule has 0 spiro atoms. The first-order valence-corrected chi connectivity index (χ1v) is 7.29. The van der Waals surface area contributed by atoms with Crippen LogP contribution in [0, 0.1) is 0 Å². The number of hydrogen-bond donors (Lipinski definition) is 1. The van der Waals surface area contributed by atoms with Crippen molar-refractivity contribution in [3.8, 4) is 11.1 Å². The fraction of sp³-hybridized carbons (Fsp3) is 0.333. The number of nitrogens with zero attached hydrogens (tertiary/aromatic N) is 1. The summed E-state index contributed by atoms with van der Waals surface area (Å²) in [5, 5.41) is 0. The van der Waals surface area contributed by atoms with E-state index in [-0.39, 0.29) is 0 Å². The van der Waals surface area contributed by atoms with Crippen LogP contribution in [0.15, 0.2) is 48.5 Å². The highest BCUT2D eigenvalue weighted by Gasteiger charge is 2.02. The third-order valence-corrected chi connectivity index (χ3v) is 3.61. The standard InChI is InChI=1S/C18H24N2/c1-3-20(2)14-16-7-5-9-18(13-16)17-8-4-6-15(12-17)10-11-19/h4-9,12-13H,3,10-11,14,19H2,1-2H3. The predicted molar refractivity (Wildman–Crippen MR) is 86.6 cm³/mol. The summed E-state index contributed by atoms with van der Waals surface area (Å²) in [6.45, 7) is 4.94. The predicted octanol–water partition coefficient (Wildman–Crippen LogP) is 3.31. The van der Waals surface area contributed by atoms with Gasteiger partial charge in [0, 0.05) is 6.54 Å². The van der Waals surface area contributed by atoms with Crippen molar-refractivity contribution >= 4 is 0 Å². The van der Waals surface area contributed by atoms with Gasteiger partial charge in [-0.3, -0.25) is 0 Å². The molecule has 0 unspecified atom stereocenters. The van der Waals surface area contributed by atoms with Gasteiger partial charge in [0.2, 0.25) is 0 Å². The van der Waals surface area contributed by atoms with E-state index in [2.05, 4.69) is 67.4 Å². The van der Waals surface area contributed by atoms with Crippen LogP contribution in [0.25, 0.3) is 11.1 Å². The minimum absolute atomic E-state index is 0.699. The highest BCUT2D eigenvalue weighted by atomic mass is 15.1. The molecule has 0 heterocycles. The van der Waals surface area contributed by atoms with Gasteiger partial charge in [-0.2, -0.15) is 0 Å². The second-order valence-electron chi connectivity index (χ2n) is 5.27. The zero-order chi connectivity index (χ0) is 14.4. The Balaban J connectivity index is 2.24. The lowest BCUT2D eigenvalue weighted by atomic mass is 10.00. The molecular weight excluding hydrogens is 244 g/mol. The van der Waals surface area contributed by atoms with Gasteiger partial charge in [0.15, 0.2) is 0 Å². The Morgan fingerprint density at radius 2 is 1.55 bits per heavy atom. The molecule has 106 valence electrons. The molecule has 0 aliphatic heterocycles. The SMILES string of the molecule is CCN(C)Cc1cccc(-c2cccc(CCN)c2)c1. The molecular formula is C18H24N2. The lowest BCUT2D eigenvalue weighted by Gasteiger charge is -2.14. The summed E-state index contributed by atoms with van der Waals surface area (Å²) in [5.41, 5.74) is 10.9. The van der Waals surface area contributed by atoms with Gasteiger partial charge in [-0.05, 0) is 54.9 Å². The van der Waals surface area contributed by atoms with Crippen molar-refractivity contribution in [3.05, 3.63) is 59.7 Å². The van der Waals surface area contributed by atoms with E-state index >= 15 is 0 Å². The molecule has 0 aliphatic carbocycles. The van der Waals surface area contributed by atoms with E-state index in [1.165, 1.54) is 22.3 Å². The monoisotopic (exact) mass is 268 g/mol. The Hall–Kier alpha value is -1.64. The van der Waals surface area contributed by atoms with E-state index < -0.39 is 0 Å². The van der Waals surface area contributed by atoms with Crippen LogP contribution in [0.4, 0.5) is 0 Å². The largest absolute Gasteiger partial charge is 0.330 e. The Bertz CT molecular complexity index is 549. The number of rotatable bonds is 6. The average molecular weight is 268 g/mol. The highest BCUT2D eigenvalue weighted by Crippen LogP contribution is 2.22. The van der Waals surface area contributed by atoms with Crippen molar-refractivity contribution in [1.82, 2.24) is 4.90 Å². The van der Waals surface area contributed by atoms with Crippen LogP contribution in [-0.2, 0) is 13.0 Å². The van der Waals surface area contributed by atoms with E-state index in [0.717, 1.165) is 19.5 Å². The minimum atomic E-state index is 0.699. The van der Waals surface area contributed by atoms with Crippen molar-refractivity contribution in [2.45, 2.75) is 19.9 Å². The summed E-state index contributed by atoms with van der Waals surface area (Å²) in [6.07, 6.45) is 0.937. The van der Waals surface area contributed by atoms with Gasteiger partial charge in [-0.25, -0.2) is 0 Å². The lowest BCUT2D eigenvalue weighted by molar-refractivity contribution is 0.346. The van der Waals surface area contributed by atoms with E-state index in [0.29, 0.717) is 6.54 Å². The Morgan fingerprint density at radius 3 is 2.15 bits per heavy atom. The maximum Gasteiger partial charge on any atom is 0.0230 e. The third kappa shape index (κ3) is 3.92. The molecule has 0 bridgehead atoms. The molecule has 2 rings (SSSR count). The minimum Gasteiger partial charge on any atom is -0.330 e. The second kappa shape index (κ2) is 7.22. The molecule has 0 atom stereocenters. The maximum atomic E-state index is 5.64. The molecule has 0 amide bonds. The maximum absolute atomic E-state index is 5.64. The average Bonchev–Trinajstić information content (AvgIpc) is 2.48. The zero-order valence-corrected chi connectivity index (χ0v) is 12.5. The molecule has 2 nitrogen and oxygen atoms in total. The topological polar surface area (TPSA) is 29.3 Å². The van der Waals surface area contributed by atoms with Crippen LogP contribution in [-0.4, -0.2) is 25.0 Å². The zero-order valence-electron chi connectivity index (χ0n) is 12.5. The van der Waals surface area contributed by atoms with E-state index in [9.17, 15) is 0 Å². The van der Waals surface area contributed by atoms with E-state index in [1.807, 2.05) is 0 Å². The molecule has 0 saturated heterocycles. The summed E-state index contributed by atoms with van der Waals surface area (Å²) in [7, 11) is 2.15. The third-order valence-electron chi connectivity index (χ3n) is 3.61. The number of hydrogen-bond acceptors (Lipinski definition) is 2. The molecule has 2 N–H and O–H groups in total. The summed E-state index contributed by atoms with van der Waals surface area (Å²) in [6, 6.07) is 17.5. The van der Waals surface area contributed by atoms with E-state index in [4.69, 9.17) is 5.73 Å². The van der Waals surface area contributed by atoms with Gasteiger partial charge in [-0.15, -0.1) is 0 Å². The Morgan fingerprint density at radius 1 is 0.950 bits per heavy atom. The lowest BCUT2D eigenvalue weighted by Crippen LogP contribution is -2.16.